The van der Waals surface area contributed by atoms with Crippen molar-refractivity contribution in [1.29, 1.82) is 0 Å². The van der Waals surface area contributed by atoms with Crippen LogP contribution in [0.3, 0.4) is 0 Å². The molecule has 0 aliphatic rings. The van der Waals surface area contributed by atoms with E-state index in [1.807, 2.05) is 13.8 Å². The molecule has 0 amide bonds. The van der Waals surface area contributed by atoms with E-state index in [0.29, 0.717) is 16.3 Å². The highest BCUT2D eigenvalue weighted by Gasteiger charge is 2.16. The molecule has 4 nitrogen and oxygen atoms in total. The molecule has 3 N–H and O–H groups in total. The van der Waals surface area contributed by atoms with Gasteiger partial charge in [-0.25, -0.2) is 8.42 Å². The first kappa shape index (κ1) is 15.2. The van der Waals surface area contributed by atoms with E-state index in [-0.39, 0.29) is 16.7 Å². The van der Waals surface area contributed by atoms with Crippen molar-refractivity contribution in [3.63, 3.8) is 0 Å². The summed E-state index contributed by atoms with van der Waals surface area (Å²) in [4.78, 5) is 0.119. The Morgan fingerprint density at radius 2 is 2.11 bits per heavy atom. The van der Waals surface area contributed by atoms with E-state index in [0.717, 1.165) is 0 Å². The van der Waals surface area contributed by atoms with Crippen LogP contribution in [0.4, 0.5) is 5.69 Å². The van der Waals surface area contributed by atoms with Gasteiger partial charge in [-0.05, 0) is 24.1 Å². The summed E-state index contributed by atoms with van der Waals surface area (Å²) in [6.07, 6.45) is 0. The highest BCUT2D eigenvalue weighted by Crippen LogP contribution is 2.22. The van der Waals surface area contributed by atoms with E-state index in [1.54, 1.807) is 12.1 Å². The number of sulfonamides is 1. The molecular formula is C11H15ClN2O2S2. The molecule has 0 aliphatic carbocycles. The third-order valence-corrected chi connectivity index (χ3v) is 4.16. The predicted molar refractivity (Wildman–Crippen MR) is 79.6 cm³/mol. The van der Waals surface area contributed by atoms with Crippen molar-refractivity contribution >= 4 is 44.5 Å². The van der Waals surface area contributed by atoms with E-state index in [1.165, 1.54) is 6.07 Å². The molecular weight excluding hydrogens is 292 g/mol. The summed E-state index contributed by atoms with van der Waals surface area (Å²) in [7, 11) is -3.43. The number of benzene rings is 1. The second-order valence-electron chi connectivity index (χ2n) is 4.33. The largest absolute Gasteiger partial charge is 0.389 e. The molecule has 0 spiro atoms. The molecule has 18 heavy (non-hydrogen) atoms. The van der Waals surface area contributed by atoms with Crippen molar-refractivity contribution in [3.8, 4) is 0 Å². The van der Waals surface area contributed by atoms with Crippen LogP contribution in [0.5, 0.6) is 0 Å². The van der Waals surface area contributed by atoms with Crippen molar-refractivity contribution in [1.82, 2.24) is 0 Å². The number of anilines is 1. The normalized spacial score (nSPS) is 11.6. The number of nitrogens with one attached hydrogen (secondary N) is 1. The van der Waals surface area contributed by atoms with Crippen LogP contribution in [0.2, 0.25) is 5.02 Å². The number of thiocarbonyl (C=S) groups is 1. The summed E-state index contributed by atoms with van der Waals surface area (Å²) in [5.41, 5.74) is 6.31. The van der Waals surface area contributed by atoms with E-state index >= 15 is 0 Å². The zero-order valence-corrected chi connectivity index (χ0v) is 12.5. The summed E-state index contributed by atoms with van der Waals surface area (Å²) in [5.74, 6) is 0.0472. The fourth-order valence-electron chi connectivity index (χ4n) is 1.46. The standard InChI is InChI=1S/C11H15ClN2O2S2/c1-7(2)6-18(15,16)14-10-5-8(12)3-4-9(10)11(13)17/h3-5,7,14H,6H2,1-2H3,(H2,13,17). The number of rotatable bonds is 5. The number of hydrogen-bond donors (Lipinski definition) is 2. The summed E-state index contributed by atoms with van der Waals surface area (Å²) in [6, 6.07) is 4.70. The van der Waals surface area contributed by atoms with Crippen LogP contribution in [0.1, 0.15) is 19.4 Å². The first-order valence-corrected chi connectivity index (χ1v) is 7.75. The van der Waals surface area contributed by atoms with Crippen molar-refractivity contribution in [3.05, 3.63) is 28.8 Å². The molecule has 0 aromatic heterocycles. The van der Waals surface area contributed by atoms with Gasteiger partial charge in [0.15, 0.2) is 0 Å². The smallest absolute Gasteiger partial charge is 0.232 e. The van der Waals surface area contributed by atoms with Crippen LogP contribution >= 0.6 is 23.8 Å². The molecule has 7 heteroatoms. The topological polar surface area (TPSA) is 72.2 Å². The van der Waals surface area contributed by atoms with Gasteiger partial charge < -0.3 is 5.73 Å². The maximum absolute atomic E-state index is 11.9. The fraction of sp³-hybridized carbons (Fsp3) is 0.364. The van der Waals surface area contributed by atoms with Gasteiger partial charge in [-0.3, -0.25) is 4.72 Å². The molecule has 0 fully saturated rings. The average Bonchev–Trinajstić information content (AvgIpc) is 2.13. The molecule has 1 aromatic carbocycles. The minimum absolute atomic E-state index is 0.0231. The SMILES string of the molecule is CC(C)CS(=O)(=O)Nc1cc(Cl)ccc1C(N)=S. The Bertz CT molecular complexity index is 556. The Hall–Kier alpha value is -0.850. The summed E-state index contributed by atoms with van der Waals surface area (Å²) < 4.78 is 26.2. The van der Waals surface area contributed by atoms with Crippen LogP contribution in [-0.2, 0) is 10.0 Å². The molecule has 0 radical (unpaired) electrons. The molecule has 0 atom stereocenters. The minimum Gasteiger partial charge on any atom is -0.389 e. The van der Waals surface area contributed by atoms with Crippen LogP contribution in [-0.4, -0.2) is 19.2 Å². The second kappa shape index (κ2) is 5.86. The maximum Gasteiger partial charge on any atom is 0.232 e. The van der Waals surface area contributed by atoms with Crippen LogP contribution in [0, 0.1) is 5.92 Å². The Kier molecular flexibility index (Phi) is 4.95. The van der Waals surface area contributed by atoms with Gasteiger partial charge in [-0.15, -0.1) is 0 Å². The zero-order valence-electron chi connectivity index (χ0n) is 10.1. The second-order valence-corrected chi connectivity index (χ2v) is 6.97. The van der Waals surface area contributed by atoms with Crippen molar-refractivity contribution < 1.29 is 8.42 Å². The highest BCUT2D eigenvalue weighted by molar-refractivity contribution is 7.92. The van der Waals surface area contributed by atoms with E-state index in [4.69, 9.17) is 29.6 Å². The van der Waals surface area contributed by atoms with Crippen LogP contribution < -0.4 is 10.5 Å². The zero-order chi connectivity index (χ0) is 13.9. The average molecular weight is 307 g/mol. The quantitative estimate of drug-likeness (QED) is 0.819. The third kappa shape index (κ3) is 4.44. The van der Waals surface area contributed by atoms with Gasteiger partial charge in [0.1, 0.15) is 4.99 Å². The van der Waals surface area contributed by atoms with Gasteiger partial charge in [-0.2, -0.15) is 0 Å². The van der Waals surface area contributed by atoms with Crippen molar-refractivity contribution in [2.24, 2.45) is 11.7 Å². The number of nitrogens with two attached hydrogens (primary N) is 1. The fourth-order valence-corrected chi connectivity index (χ4v) is 3.28. The highest BCUT2D eigenvalue weighted by atomic mass is 35.5. The minimum atomic E-state index is -3.43. The maximum atomic E-state index is 11.9. The van der Waals surface area contributed by atoms with Crippen molar-refractivity contribution in [2.75, 3.05) is 10.5 Å². The van der Waals surface area contributed by atoms with Crippen LogP contribution in [0.15, 0.2) is 18.2 Å². The molecule has 1 rings (SSSR count). The van der Waals surface area contributed by atoms with E-state index < -0.39 is 10.0 Å². The first-order valence-electron chi connectivity index (χ1n) is 5.31. The monoisotopic (exact) mass is 306 g/mol. The lowest BCUT2D eigenvalue weighted by Gasteiger charge is -2.13. The van der Waals surface area contributed by atoms with Crippen molar-refractivity contribution in [2.45, 2.75) is 13.8 Å². The molecule has 0 aliphatic heterocycles. The molecule has 0 bridgehead atoms. The molecule has 0 saturated carbocycles. The lowest BCUT2D eigenvalue weighted by atomic mass is 10.2. The van der Waals surface area contributed by atoms with Gasteiger partial charge in [0.05, 0.1) is 11.4 Å². The Morgan fingerprint density at radius 3 is 2.61 bits per heavy atom. The van der Waals surface area contributed by atoms with E-state index in [9.17, 15) is 8.42 Å². The van der Waals surface area contributed by atoms with E-state index in [2.05, 4.69) is 4.72 Å². The lowest BCUT2D eigenvalue weighted by Crippen LogP contribution is -2.22. The summed E-state index contributed by atoms with van der Waals surface area (Å²) >= 11 is 10.7. The number of halogens is 1. The Morgan fingerprint density at radius 1 is 1.50 bits per heavy atom. The summed E-state index contributed by atoms with van der Waals surface area (Å²) in [5, 5.41) is 0.414. The summed E-state index contributed by atoms with van der Waals surface area (Å²) in [6.45, 7) is 3.65. The van der Waals surface area contributed by atoms with Gasteiger partial charge in [-0.1, -0.05) is 37.7 Å². The van der Waals surface area contributed by atoms with Gasteiger partial charge in [0, 0.05) is 10.6 Å². The molecule has 1 aromatic rings. The predicted octanol–water partition coefficient (Wildman–Crippen LogP) is 2.37. The Balaban J connectivity index is 3.10. The molecule has 0 heterocycles. The van der Waals surface area contributed by atoms with Crippen LogP contribution in [0.25, 0.3) is 0 Å². The molecule has 0 saturated heterocycles. The molecule has 100 valence electrons. The van der Waals surface area contributed by atoms with Gasteiger partial charge in [0.25, 0.3) is 0 Å². The first-order chi connectivity index (χ1) is 8.21. The van der Waals surface area contributed by atoms with Gasteiger partial charge >= 0.3 is 0 Å². The Labute approximate surface area is 118 Å². The number of hydrogen-bond acceptors (Lipinski definition) is 3. The molecule has 0 unspecified atom stereocenters. The lowest BCUT2D eigenvalue weighted by molar-refractivity contribution is 0.587. The third-order valence-electron chi connectivity index (χ3n) is 2.07. The van der Waals surface area contributed by atoms with Gasteiger partial charge in [0.2, 0.25) is 10.0 Å².